The largest absolute Gasteiger partial charge is 0.490 e. The summed E-state index contributed by atoms with van der Waals surface area (Å²) in [5, 5.41) is 3.28. The van der Waals surface area contributed by atoms with E-state index in [0.29, 0.717) is 0 Å². The van der Waals surface area contributed by atoms with Gasteiger partial charge in [0.25, 0.3) is 0 Å². The van der Waals surface area contributed by atoms with E-state index < -0.39 is 0 Å². The number of rotatable bonds is 2. The van der Waals surface area contributed by atoms with Crippen LogP contribution in [0.3, 0.4) is 0 Å². The van der Waals surface area contributed by atoms with Crippen LogP contribution in [0.15, 0.2) is 30.5 Å². The minimum absolute atomic E-state index is 0.128. The van der Waals surface area contributed by atoms with Crippen molar-refractivity contribution < 1.29 is 4.74 Å². The minimum Gasteiger partial charge on any atom is -0.490 e. The smallest absolute Gasteiger partial charge is 0.142 e. The molecule has 5 heteroatoms. The van der Waals surface area contributed by atoms with Crippen molar-refractivity contribution in [2.24, 2.45) is 0 Å². The zero-order chi connectivity index (χ0) is 16.7. The maximum atomic E-state index is 6.29. The average molecular weight is 319 g/mol. The lowest BCUT2D eigenvalue weighted by Crippen LogP contribution is -2.23. The summed E-state index contributed by atoms with van der Waals surface area (Å²) in [5.74, 6) is 1.97. The van der Waals surface area contributed by atoms with E-state index in [-0.39, 0.29) is 5.31 Å². The molecular formula is C19H22BN3O. The fraction of sp³-hybridized carbons (Fsp3) is 0.421. The average Bonchev–Trinajstić information content (AvgIpc) is 2.94. The molecule has 1 atom stereocenters. The van der Waals surface area contributed by atoms with Gasteiger partial charge in [0.05, 0.1) is 13.5 Å². The number of ether oxygens (including phenoxy) is 1. The van der Waals surface area contributed by atoms with Crippen LogP contribution in [0.2, 0.25) is 5.31 Å². The Morgan fingerprint density at radius 1 is 1.33 bits per heavy atom. The van der Waals surface area contributed by atoms with Gasteiger partial charge in [-0.1, -0.05) is 13.0 Å². The Balaban J connectivity index is 1.71. The highest BCUT2D eigenvalue weighted by Gasteiger charge is 2.30. The third-order valence-corrected chi connectivity index (χ3v) is 4.95. The van der Waals surface area contributed by atoms with E-state index in [9.17, 15) is 0 Å². The molecule has 0 bridgehead atoms. The van der Waals surface area contributed by atoms with Crippen molar-refractivity contribution in [3.8, 4) is 16.9 Å². The summed E-state index contributed by atoms with van der Waals surface area (Å²) in [6, 6.07) is 8.41. The zero-order valence-electron chi connectivity index (χ0n) is 14.3. The van der Waals surface area contributed by atoms with E-state index in [2.05, 4.69) is 47.2 Å². The standard InChI is InChI=1S/C19H22BN3O/c1-13-15(14-3-4-17-16(11-14)21-8-10-24-17)5-7-22-18(13)23-9-6-19(2,20)12-23/h3-5,7,11,21H,6,8-10,12H2,1-2H3. The third kappa shape index (κ3) is 2.72. The van der Waals surface area contributed by atoms with Crippen molar-refractivity contribution in [3.63, 3.8) is 0 Å². The van der Waals surface area contributed by atoms with Gasteiger partial charge in [0, 0.05) is 25.8 Å². The molecule has 1 saturated heterocycles. The zero-order valence-corrected chi connectivity index (χ0v) is 14.3. The molecule has 1 aromatic carbocycles. The van der Waals surface area contributed by atoms with Gasteiger partial charge in [0.15, 0.2) is 0 Å². The molecule has 24 heavy (non-hydrogen) atoms. The van der Waals surface area contributed by atoms with Gasteiger partial charge in [-0.3, -0.25) is 0 Å². The van der Waals surface area contributed by atoms with E-state index in [1.165, 1.54) is 16.7 Å². The molecule has 4 nitrogen and oxygen atoms in total. The number of hydrogen-bond acceptors (Lipinski definition) is 4. The Bertz CT molecular complexity index is 775. The minimum atomic E-state index is -0.128. The number of benzene rings is 1. The number of nitrogens with one attached hydrogen (secondary N) is 1. The number of nitrogens with zero attached hydrogens (tertiary/aromatic N) is 2. The first-order chi connectivity index (χ1) is 11.5. The van der Waals surface area contributed by atoms with Gasteiger partial charge in [-0.25, -0.2) is 4.98 Å². The quantitative estimate of drug-likeness (QED) is 0.861. The molecule has 1 aromatic heterocycles. The van der Waals surface area contributed by atoms with Crippen molar-refractivity contribution in [2.45, 2.75) is 25.6 Å². The SMILES string of the molecule is [B]C1(C)CCN(c2nccc(-c3ccc4c(c3)NCCO4)c2C)C1. The summed E-state index contributed by atoms with van der Waals surface area (Å²) in [4.78, 5) is 6.93. The first kappa shape index (κ1) is 15.4. The lowest BCUT2D eigenvalue weighted by Gasteiger charge is -2.24. The Morgan fingerprint density at radius 3 is 3.00 bits per heavy atom. The topological polar surface area (TPSA) is 37.4 Å². The molecule has 0 saturated carbocycles. The second-order valence-corrected chi connectivity index (χ2v) is 7.12. The van der Waals surface area contributed by atoms with Gasteiger partial charge in [-0.2, -0.15) is 0 Å². The van der Waals surface area contributed by atoms with Gasteiger partial charge in [-0.15, -0.1) is 0 Å². The molecule has 2 aromatic rings. The summed E-state index contributed by atoms with van der Waals surface area (Å²) >= 11 is 0. The Hall–Kier alpha value is -2.17. The highest BCUT2D eigenvalue weighted by atomic mass is 16.5. The molecule has 1 unspecified atom stereocenters. The molecule has 0 aliphatic carbocycles. The van der Waals surface area contributed by atoms with Gasteiger partial charge >= 0.3 is 0 Å². The highest BCUT2D eigenvalue weighted by molar-refractivity contribution is 6.15. The molecule has 1 fully saturated rings. The Kier molecular flexibility index (Phi) is 3.67. The highest BCUT2D eigenvalue weighted by Crippen LogP contribution is 2.39. The third-order valence-electron chi connectivity index (χ3n) is 4.95. The molecule has 0 amide bonds. The van der Waals surface area contributed by atoms with E-state index in [4.69, 9.17) is 12.6 Å². The summed E-state index contributed by atoms with van der Waals surface area (Å²) in [5.41, 5.74) is 4.66. The van der Waals surface area contributed by atoms with E-state index in [1.54, 1.807) is 0 Å². The first-order valence-electron chi connectivity index (χ1n) is 8.54. The number of anilines is 2. The van der Waals surface area contributed by atoms with Crippen LogP contribution < -0.4 is 15.0 Å². The summed E-state index contributed by atoms with van der Waals surface area (Å²) in [6.45, 7) is 7.64. The molecule has 4 rings (SSSR count). The van der Waals surface area contributed by atoms with Gasteiger partial charge in [0.2, 0.25) is 0 Å². The monoisotopic (exact) mass is 319 g/mol. The Morgan fingerprint density at radius 2 is 2.21 bits per heavy atom. The molecular weight excluding hydrogens is 297 g/mol. The van der Waals surface area contributed by atoms with E-state index in [0.717, 1.165) is 49.9 Å². The van der Waals surface area contributed by atoms with E-state index in [1.807, 2.05) is 12.3 Å². The van der Waals surface area contributed by atoms with Crippen LogP contribution in [0.5, 0.6) is 5.75 Å². The summed E-state index contributed by atoms with van der Waals surface area (Å²) < 4.78 is 5.68. The van der Waals surface area contributed by atoms with Crippen LogP contribution in [-0.2, 0) is 0 Å². The van der Waals surface area contributed by atoms with Crippen molar-refractivity contribution in [1.29, 1.82) is 0 Å². The van der Waals surface area contributed by atoms with Crippen LogP contribution in [0.25, 0.3) is 11.1 Å². The number of fused-ring (bicyclic) bond motifs is 1. The van der Waals surface area contributed by atoms with Crippen LogP contribution in [-0.4, -0.2) is 39.1 Å². The number of hydrogen-bond donors (Lipinski definition) is 1. The molecule has 2 aliphatic heterocycles. The molecule has 122 valence electrons. The Labute approximate surface area is 144 Å². The van der Waals surface area contributed by atoms with Crippen LogP contribution >= 0.6 is 0 Å². The first-order valence-corrected chi connectivity index (χ1v) is 8.54. The van der Waals surface area contributed by atoms with Crippen molar-refractivity contribution in [2.75, 3.05) is 36.5 Å². The molecule has 3 heterocycles. The van der Waals surface area contributed by atoms with Crippen LogP contribution in [0, 0.1) is 6.92 Å². The lowest BCUT2D eigenvalue weighted by atomic mass is 9.70. The second kappa shape index (κ2) is 5.73. The molecule has 2 aliphatic rings. The maximum absolute atomic E-state index is 6.29. The normalized spacial score (nSPS) is 22.7. The molecule has 2 radical (unpaired) electrons. The lowest BCUT2D eigenvalue weighted by molar-refractivity contribution is 0.323. The summed E-state index contributed by atoms with van der Waals surface area (Å²) in [6.07, 6.45) is 2.89. The molecule has 0 spiro atoms. The van der Waals surface area contributed by atoms with Crippen molar-refractivity contribution in [3.05, 3.63) is 36.0 Å². The van der Waals surface area contributed by atoms with E-state index >= 15 is 0 Å². The van der Waals surface area contributed by atoms with Crippen molar-refractivity contribution >= 4 is 19.4 Å². The van der Waals surface area contributed by atoms with Crippen LogP contribution in [0.4, 0.5) is 11.5 Å². The van der Waals surface area contributed by atoms with Gasteiger partial charge in [-0.05, 0) is 53.5 Å². The fourth-order valence-electron chi connectivity index (χ4n) is 3.63. The van der Waals surface area contributed by atoms with Crippen LogP contribution in [0.1, 0.15) is 18.9 Å². The molecule has 1 N–H and O–H groups in total. The maximum Gasteiger partial charge on any atom is 0.142 e. The fourth-order valence-corrected chi connectivity index (χ4v) is 3.63. The predicted molar refractivity (Wildman–Crippen MR) is 99.3 cm³/mol. The predicted octanol–water partition coefficient (Wildman–Crippen LogP) is 3.42. The summed E-state index contributed by atoms with van der Waals surface area (Å²) in [7, 11) is 6.29. The van der Waals surface area contributed by atoms with Gasteiger partial charge in [0.1, 0.15) is 18.2 Å². The van der Waals surface area contributed by atoms with Gasteiger partial charge < -0.3 is 15.0 Å². The number of pyridine rings is 1. The number of aromatic nitrogens is 1. The second-order valence-electron chi connectivity index (χ2n) is 7.12. The van der Waals surface area contributed by atoms with Crippen molar-refractivity contribution in [1.82, 2.24) is 4.98 Å².